The number of carbonyl (C=O) groups is 3. The van der Waals surface area contributed by atoms with Gasteiger partial charge in [-0.25, -0.2) is 0 Å². The summed E-state index contributed by atoms with van der Waals surface area (Å²) in [6.45, 7) is 8.36. The second-order valence-electron chi connectivity index (χ2n) is 12.1. The van der Waals surface area contributed by atoms with Crippen molar-refractivity contribution in [3.05, 3.63) is 60.2 Å². The minimum Gasteiger partial charge on any atom is -0.494 e. The molecule has 5 rings (SSSR count). The lowest BCUT2D eigenvalue weighted by Gasteiger charge is -2.37. The average molecular weight is 564 g/mol. The number of fused-ring (bicyclic) bond motifs is 1. The van der Waals surface area contributed by atoms with Crippen LogP contribution in [0.2, 0.25) is 0 Å². The normalized spacial score (nSPS) is 29.0. The first-order chi connectivity index (χ1) is 19.6. The fourth-order valence-corrected chi connectivity index (χ4v) is 7.18. The summed E-state index contributed by atoms with van der Waals surface area (Å²) in [5, 5.41) is 16.4. The molecule has 2 aromatic rings. The first-order valence-electron chi connectivity index (χ1n) is 14.6. The monoisotopic (exact) mass is 563 g/mol. The van der Waals surface area contributed by atoms with Crippen LogP contribution in [-0.4, -0.2) is 64.2 Å². The van der Waals surface area contributed by atoms with E-state index in [4.69, 9.17) is 9.47 Å². The molecule has 9 heteroatoms. The number of carbonyl (C=O) groups excluding carboxylic acids is 3. The number of nitrogens with zero attached hydrogens (tertiary/aromatic N) is 1. The van der Waals surface area contributed by atoms with Crippen LogP contribution >= 0.6 is 0 Å². The van der Waals surface area contributed by atoms with Crippen LogP contribution in [0.25, 0.3) is 0 Å². The SMILES string of the molecule is CCOc1ccc(NC(=O)[C@@H]2[C@H]3C(=O)N([C@@H](CO)CC(C)C)C(C(=O)NCc4ccccc4)C34CC[C@@]2(C)O4)cc1. The molecule has 3 aliphatic heterocycles. The van der Waals surface area contributed by atoms with Gasteiger partial charge < -0.3 is 30.1 Å². The van der Waals surface area contributed by atoms with Crippen LogP contribution in [-0.2, 0) is 25.7 Å². The van der Waals surface area contributed by atoms with Crippen LogP contribution < -0.4 is 15.4 Å². The molecule has 0 aromatic heterocycles. The lowest BCUT2D eigenvalue weighted by molar-refractivity contribution is -0.149. The Morgan fingerprint density at radius 1 is 1.10 bits per heavy atom. The van der Waals surface area contributed by atoms with Crippen molar-refractivity contribution in [3.8, 4) is 5.75 Å². The van der Waals surface area contributed by atoms with Crippen LogP contribution in [0.4, 0.5) is 5.69 Å². The third-order valence-electron chi connectivity index (χ3n) is 8.84. The predicted octanol–water partition coefficient (Wildman–Crippen LogP) is 3.51. The maximum absolute atomic E-state index is 14.3. The van der Waals surface area contributed by atoms with Gasteiger partial charge in [-0.15, -0.1) is 0 Å². The van der Waals surface area contributed by atoms with E-state index in [-0.39, 0.29) is 30.2 Å². The molecular formula is C32H41N3O6. The molecule has 0 saturated carbocycles. The summed E-state index contributed by atoms with van der Waals surface area (Å²) < 4.78 is 12.2. The molecule has 3 heterocycles. The molecule has 0 aliphatic carbocycles. The van der Waals surface area contributed by atoms with Crippen LogP contribution in [0, 0.1) is 17.8 Å². The van der Waals surface area contributed by atoms with E-state index in [0.29, 0.717) is 43.9 Å². The van der Waals surface area contributed by atoms with E-state index in [1.54, 1.807) is 24.3 Å². The van der Waals surface area contributed by atoms with E-state index in [1.807, 2.05) is 58.0 Å². The maximum Gasteiger partial charge on any atom is 0.246 e. The van der Waals surface area contributed by atoms with Gasteiger partial charge in [0.1, 0.15) is 17.4 Å². The highest BCUT2D eigenvalue weighted by Crippen LogP contribution is 2.63. The zero-order valence-electron chi connectivity index (χ0n) is 24.3. The Morgan fingerprint density at radius 3 is 2.44 bits per heavy atom. The molecule has 3 aliphatic rings. The van der Waals surface area contributed by atoms with Gasteiger partial charge in [0.25, 0.3) is 0 Å². The van der Waals surface area contributed by atoms with Crippen molar-refractivity contribution < 1.29 is 29.0 Å². The zero-order valence-corrected chi connectivity index (χ0v) is 24.3. The van der Waals surface area contributed by atoms with E-state index < -0.39 is 35.1 Å². The van der Waals surface area contributed by atoms with E-state index in [2.05, 4.69) is 10.6 Å². The Labute approximate surface area is 241 Å². The smallest absolute Gasteiger partial charge is 0.246 e. The molecule has 1 spiro atoms. The molecule has 2 bridgehead atoms. The third kappa shape index (κ3) is 5.21. The Kier molecular flexibility index (Phi) is 8.12. The van der Waals surface area contributed by atoms with Crippen molar-refractivity contribution in [1.82, 2.24) is 10.2 Å². The number of anilines is 1. The Morgan fingerprint density at radius 2 is 1.80 bits per heavy atom. The minimum absolute atomic E-state index is 0.180. The van der Waals surface area contributed by atoms with Crippen molar-refractivity contribution in [2.24, 2.45) is 17.8 Å². The minimum atomic E-state index is -1.15. The Hall–Kier alpha value is -3.43. The first kappa shape index (κ1) is 29.1. The average Bonchev–Trinajstić information content (AvgIpc) is 3.52. The van der Waals surface area contributed by atoms with Gasteiger partial charge in [0, 0.05) is 12.2 Å². The number of likely N-dealkylation sites (tertiary alicyclic amines) is 1. The summed E-state index contributed by atoms with van der Waals surface area (Å²) in [4.78, 5) is 43.7. The maximum atomic E-state index is 14.3. The van der Waals surface area contributed by atoms with Gasteiger partial charge in [-0.05, 0) is 68.9 Å². The molecular weight excluding hydrogens is 522 g/mol. The number of rotatable bonds is 11. The summed E-state index contributed by atoms with van der Waals surface area (Å²) >= 11 is 0. The van der Waals surface area contributed by atoms with E-state index in [9.17, 15) is 19.5 Å². The molecule has 2 unspecified atom stereocenters. The lowest BCUT2D eigenvalue weighted by Crippen LogP contribution is -2.58. The summed E-state index contributed by atoms with van der Waals surface area (Å²) in [6.07, 6.45) is 1.54. The molecule has 3 saturated heterocycles. The predicted molar refractivity (Wildman–Crippen MR) is 154 cm³/mol. The van der Waals surface area contributed by atoms with E-state index in [1.165, 1.54) is 4.90 Å². The topological polar surface area (TPSA) is 117 Å². The van der Waals surface area contributed by atoms with Gasteiger partial charge >= 0.3 is 0 Å². The fourth-order valence-electron chi connectivity index (χ4n) is 7.18. The number of aliphatic hydroxyl groups is 1. The van der Waals surface area contributed by atoms with Crippen molar-refractivity contribution in [2.75, 3.05) is 18.5 Å². The molecule has 220 valence electrons. The summed E-state index contributed by atoms with van der Waals surface area (Å²) in [5.41, 5.74) is -0.529. The van der Waals surface area contributed by atoms with Crippen LogP contribution in [0.15, 0.2) is 54.6 Å². The van der Waals surface area contributed by atoms with E-state index in [0.717, 1.165) is 5.56 Å². The number of benzene rings is 2. The lowest BCUT2D eigenvalue weighted by atomic mass is 9.66. The molecule has 3 amide bonds. The van der Waals surface area contributed by atoms with Crippen LogP contribution in [0.5, 0.6) is 5.75 Å². The van der Waals surface area contributed by atoms with Crippen molar-refractivity contribution in [3.63, 3.8) is 0 Å². The van der Waals surface area contributed by atoms with Gasteiger partial charge in [-0.3, -0.25) is 14.4 Å². The molecule has 6 atom stereocenters. The number of aliphatic hydroxyl groups excluding tert-OH is 1. The third-order valence-corrected chi connectivity index (χ3v) is 8.84. The van der Waals surface area contributed by atoms with E-state index >= 15 is 0 Å². The van der Waals surface area contributed by atoms with Crippen LogP contribution in [0.3, 0.4) is 0 Å². The first-order valence-corrected chi connectivity index (χ1v) is 14.6. The number of hydrogen-bond acceptors (Lipinski definition) is 6. The summed E-state index contributed by atoms with van der Waals surface area (Å²) in [6, 6.07) is 15.1. The highest BCUT2D eigenvalue weighted by atomic mass is 16.5. The molecule has 9 nitrogen and oxygen atoms in total. The quantitative estimate of drug-likeness (QED) is 0.385. The zero-order chi connectivity index (χ0) is 29.4. The number of nitrogens with one attached hydrogen (secondary N) is 2. The second kappa shape index (κ2) is 11.4. The molecule has 41 heavy (non-hydrogen) atoms. The molecule has 0 radical (unpaired) electrons. The van der Waals surface area contributed by atoms with Crippen LogP contribution in [0.1, 0.15) is 52.5 Å². The molecule has 2 aromatic carbocycles. The number of ether oxygens (including phenoxy) is 2. The standard InChI is InChI=1S/C32H41N3O6/c1-5-40-24-13-11-22(12-14-24)34-28(37)25-26-30(39)35(23(19-36)17-20(2)3)27(32(26)16-15-31(25,4)41-32)29(38)33-18-21-9-7-6-8-10-21/h6-14,20,23,25-27,36H,5,15-19H2,1-4H3,(H,33,38)(H,34,37)/t23-,25+,26+,27?,31-,32?/m1/s1. The van der Waals surface area contributed by atoms with Gasteiger partial charge in [0.05, 0.1) is 36.7 Å². The van der Waals surface area contributed by atoms with Crippen molar-refractivity contribution in [1.29, 1.82) is 0 Å². The highest BCUT2D eigenvalue weighted by molar-refractivity contribution is 6.02. The molecule has 3 fully saturated rings. The second-order valence-corrected chi connectivity index (χ2v) is 12.1. The highest BCUT2D eigenvalue weighted by Gasteiger charge is 2.78. The summed E-state index contributed by atoms with van der Waals surface area (Å²) in [5.74, 6) is -1.69. The number of amides is 3. The van der Waals surface area contributed by atoms with Crippen molar-refractivity contribution in [2.45, 2.75) is 76.8 Å². The largest absolute Gasteiger partial charge is 0.494 e. The van der Waals surface area contributed by atoms with Gasteiger partial charge in [-0.1, -0.05) is 44.2 Å². The van der Waals surface area contributed by atoms with Gasteiger partial charge in [0.2, 0.25) is 17.7 Å². The molecule has 3 N–H and O–H groups in total. The fraction of sp³-hybridized carbons (Fsp3) is 0.531. The van der Waals surface area contributed by atoms with Gasteiger partial charge in [0.15, 0.2) is 0 Å². The Bertz CT molecular complexity index is 1270. The number of hydrogen-bond donors (Lipinski definition) is 3. The summed E-state index contributed by atoms with van der Waals surface area (Å²) in [7, 11) is 0. The van der Waals surface area contributed by atoms with Gasteiger partial charge in [-0.2, -0.15) is 0 Å². The Balaban J connectivity index is 1.47. The van der Waals surface area contributed by atoms with Crippen molar-refractivity contribution >= 4 is 23.4 Å².